The van der Waals surface area contributed by atoms with E-state index in [1.165, 1.54) is 6.42 Å². The molecule has 2 aliphatic rings. The van der Waals surface area contributed by atoms with Crippen molar-refractivity contribution in [2.75, 3.05) is 39.3 Å². The van der Waals surface area contributed by atoms with E-state index in [1.54, 1.807) is 6.26 Å². The molecule has 0 radical (unpaired) electrons. The van der Waals surface area contributed by atoms with Crippen molar-refractivity contribution in [1.29, 1.82) is 0 Å². The van der Waals surface area contributed by atoms with Crippen molar-refractivity contribution in [3.8, 4) is 0 Å². The van der Waals surface area contributed by atoms with Gasteiger partial charge in [0.25, 0.3) is 0 Å². The molecule has 0 spiro atoms. The second-order valence-corrected chi connectivity index (χ2v) is 5.59. The van der Waals surface area contributed by atoms with E-state index in [0.29, 0.717) is 0 Å². The minimum Gasteiger partial charge on any atom is -0.467 e. The molecule has 1 N–H and O–H groups in total. The van der Waals surface area contributed by atoms with E-state index in [0.717, 1.165) is 57.9 Å². The van der Waals surface area contributed by atoms with E-state index in [4.69, 9.17) is 4.42 Å². The highest BCUT2D eigenvalue weighted by molar-refractivity contribution is 5.82. The Kier molecular flexibility index (Phi) is 4.38. The second kappa shape index (κ2) is 6.41. The topological polar surface area (TPSA) is 48.7 Å². The standard InChI is InChI=1S/C15H23N3O2/c19-15(18-8-2-1-3-9-18)14(13-5-4-12-20-13)17-10-6-16-7-11-17/h4-5,12,14,16H,1-3,6-11H2. The fourth-order valence-electron chi connectivity index (χ4n) is 3.13. The minimum atomic E-state index is -0.245. The molecule has 0 aromatic carbocycles. The van der Waals surface area contributed by atoms with Gasteiger partial charge in [0, 0.05) is 39.3 Å². The van der Waals surface area contributed by atoms with Crippen LogP contribution in [0.2, 0.25) is 0 Å². The van der Waals surface area contributed by atoms with Crippen molar-refractivity contribution in [2.24, 2.45) is 0 Å². The predicted octanol–water partition coefficient (Wildman–Crippen LogP) is 1.24. The molecule has 1 amide bonds. The number of piperidine rings is 1. The van der Waals surface area contributed by atoms with Crippen molar-refractivity contribution in [2.45, 2.75) is 25.3 Å². The maximum atomic E-state index is 12.9. The fourth-order valence-corrected chi connectivity index (χ4v) is 3.13. The molecule has 2 aliphatic heterocycles. The molecule has 2 saturated heterocycles. The minimum absolute atomic E-state index is 0.210. The molecule has 1 atom stereocenters. The van der Waals surface area contributed by atoms with Crippen molar-refractivity contribution >= 4 is 5.91 Å². The van der Waals surface area contributed by atoms with Gasteiger partial charge >= 0.3 is 0 Å². The van der Waals surface area contributed by atoms with Crippen LogP contribution in [0.1, 0.15) is 31.1 Å². The molecule has 0 aliphatic carbocycles. The van der Waals surface area contributed by atoms with Gasteiger partial charge in [0.2, 0.25) is 5.91 Å². The monoisotopic (exact) mass is 277 g/mol. The third-order valence-electron chi connectivity index (χ3n) is 4.23. The normalized spacial score (nSPS) is 22.7. The molecule has 20 heavy (non-hydrogen) atoms. The highest BCUT2D eigenvalue weighted by atomic mass is 16.3. The van der Waals surface area contributed by atoms with Gasteiger partial charge < -0.3 is 14.6 Å². The van der Waals surface area contributed by atoms with Gasteiger partial charge in [-0.25, -0.2) is 0 Å². The summed E-state index contributed by atoms with van der Waals surface area (Å²) < 4.78 is 5.55. The van der Waals surface area contributed by atoms with Crippen LogP contribution in [0.4, 0.5) is 0 Å². The molecular weight excluding hydrogens is 254 g/mol. The number of hydrogen-bond donors (Lipinski definition) is 1. The Morgan fingerprint density at radius 3 is 2.55 bits per heavy atom. The summed E-state index contributed by atoms with van der Waals surface area (Å²) in [6.45, 7) is 5.44. The summed E-state index contributed by atoms with van der Waals surface area (Å²) in [5, 5.41) is 3.34. The third kappa shape index (κ3) is 2.88. The molecule has 3 heterocycles. The SMILES string of the molecule is O=C(C(c1ccco1)N1CCNCC1)N1CCCCC1. The lowest BCUT2D eigenvalue weighted by molar-refractivity contribution is -0.139. The Labute approximate surface area is 119 Å². The van der Waals surface area contributed by atoms with Gasteiger partial charge in [-0.05, 0) is 31.4 Å². The summed E-state index contributed by atoms with van der Waals surface area (Å²) in [6.07, 6.45) is 5.15. The Balaban J connectivity index is 1.78. The molecular formula is C15H23N3O2. The van der Waals surface area contributed by atoms with Gasteiger partial charge in [0.1, 0.15) is 11.8 Å². The molecule has 1 unspecified atom stereocenters. The Morgan fingerprint density at radius 2 is 1.90 bits per heavy atom. The van der Waals surface area contributed by atoms with Crippen molar-refractivity contribution < 1.29 is 9.21 Å². The van der Waals surface area contributed by atoms with Crippen LogP contribution in [-0.2, 0) is 4.79 Å². The smallest absolute Gasteiger partial charge is 0.247 e. The van der Waals surface area contributed by atoms with E-state index < -0.39 is 0 Å². The van der Waals surface area contributed by atoms with Crippen LogP contribution >= 0.6 is 0 Å². The Hall–Kier alpha value is -1.33. The number of amides is 1. The van der Waals surface area contributed by atoms with Crippen molar-refractivity contribution in [1.82, 2.24) is 15.1 Å². The van der Waals surface area contributed by atoms with Crippen LogP contribution in [0.15, 0.2) is 22.8 Å². The summed E-state index contributed by atoms with van der Waals surface area (Å²) >= 11 is 0. The molecule has 2 fully saturated rings. The van der Waals surface area contributed by atoms with Crippen LogP contribution in [0.3, 0.4) is 0 Å². The van der Waals surface area contributed by atoms with Gasteiger partial charge in [-0.2, -0.15) is 0 Å². The number of carbonyl (C=O) groups is 1. The highest BCUT2D eigenvalue weighted by Crippen LogP contribution is 2.25. The first-order valence-electron chi connectivity index (χ1n) is 7.63. The molecule has 5 heteroatoms. The van der Waals surface area contributed by atoms with E-state index in [2.05, 4.69) is 10.2 Å². The molecule has 1 aromatic rings. The van der Waals surface area contributed by atoms with Gasteiger partial charge in [0.05, 0.1) is 6.26 Å². The third-order valence-corrected chi connectivity index (χ3v) is 4.23. The number of furan rings is 1. The molecule has 5 nitrogen and oxygen atoms in total. The molecule has 0 bridgehead atoms. The maximum absolute atomic E-state index is 12.9. The number of piperazine rings is 1. The first-order valence-corrected chi connectivity index (χ1v) is 7.63. The number of nitrogens with one attached hydrogen (secondary N) is 1. The highest BCUT2D eigenvalue weighted by Gasteiger charge is 2.34. The van der Waals surface area contributed by atoms with Crippen LogP contribution < -0.4 is 5.32 Å². The Bertz CT molecular complexity index is 420. The number of hydrogen-bond acceptors (Lipinski definition) is 4. The van der Waals surface area contributed by atoms with Crippen molar-refractivity contribution in [3.05, 3.63) is 24.2 Å². The zero-order valence-electron chi connectivity index (χ0n) is 11.9. The van der Waals surface area contributed by atoms with Crippen LogP contribution in [0.5, 0.6) is 0 Å². The Morgan fingerprint density at radius 1 is 1.15 bits per heavy atom. The summed E-state index contributed by atoms with van der Waals surface area (Å²) in [4.78, 5) is 17.2. The maximum Gasteiger partial charge on any atom is 0.247 e. The van der Waals surface area contributed by atoms with Gasteiger partial charge in [0.15, 0.2) is 0 Å². The zero-order valence-corrected chi connectivity index (χ0v) is 11.9. The fraction of sp³-hybridized carbons (Fsp3) is 0.667. The van der Waals surface area contributed by atoms with E-state index in [-0.39, 0.29) is 11.9 Å². The molecule has 3 rings (SSSR count). The van der Waals surface area contributed by atoms with Crippen LogP contribution in [0.25, 0.3) is 0 Å². The number of nitrogens with zero attached hydrogens (tertiary/aromatic N) is 2. The average molecular weight is 277 g/mol. The molecule has 1 aromatic heterocycles. The quantitative estimate of drug-likeness (QED) is 0.903. The number of carbonyl (C=O) groups excluding carboxylic acids is 1. The van der Waals surface area contributed by atoms with E-state index in [9.17, 15) is 4.79 Å². The summed E-state index contributed by atoms with van der Waals surface area (Å²) in [5.41, 5.74) is 0. The lowest BCUT2D eigenvalue weighted by Gasteiger charge is -2.37. The first kappa shape index (κ1) is 13.6. The number of rotatable bonds is 3. The van der Waals surface area contributed by atoms with Crippen molar-refractivity contribution in [3.63, 3.8) is 0 Å². The average Bonchev–Trinajstić information content (AvgIpc) is 3.03. The van der Waals surface area contributed by atoms with Gasteiger partial charge in [-0.15, -0.1) is 0 Å². The van der Waals surface area contributed by atoms with E-state index >= 15 is 0 Å². The predicted molar refractivity (Wildman–Crippen MR) is 76.3 cm³/mol. The summed E-state index contributed by atoms with van der Waals surface area (Å²) in [6, 6.07) is 3.55. The first-order chi connectivity index (χ1) is 9.86. The number of likely N-dealkylation sites (tertiary alicyclic amines) is 1. The largest absolute Gasteiger partial charge is 0.467 e. The van der Waals surface area contributed by atoms with Crippen LogP contribution in [-0.4, -0.2) is 55.0 Å². The summed E-state index contributed by atoms with van der Waals surface area (Å²) in [5.74, 6) is 0.990. The molecule has 110 valence electrons. The lowest BCUT2D eigenvalue weighted by atomic mass is 10.1. The van der Waals surface area contributed by atoms with E-state index in [1.807, 2.05) is 17.0 Å². The van der Waals surface area contributed by atoms with Gasteiger partial charge in [-0.1, -0.05) is 0 Å². The van der Waals surface area contributed by atoms with Gasteiger partial charge in [-0.3, -0.25) is 9.69 Å². The second-order valence-electron chi connectivity index (χ2n) is 5.59. The summed E-state index contributed by atoms with van der Waals surface area (Å²) in [7, 11) is 0. The molecule has 0 saturated carbocycles. The lowest BCUT2D eigenvalue weighted by Crippen LogP contribution is -2.51. The van der Waals surface area contributed by atoms with Crippen LogP contribution in [0, 0.1) is 0 Å². The zero-order chi connectivity index (χ0) is 13.8.